The fourth-order valence-corrected chi connectivity index (χ4v) is 1.60. The van der Waals surface area contributed by atoms with Crippen LogP contribution in [0.25, 0.3) is 0 Å². The van der Waals surface area contributed by atoms with E-state index in [0.29, 0.717) is 0 Å². The van der Waals surface area contributed by atoms with Gasteiger partial charge in [-0.1, -0.05) is 24.3 Å². The molecule has 1 aromatic carbocycles. The minimum Gasteiger partial charge on any atom is -0.386 e. The van der Waals surface area contributed by atoms with Crippen molar-refractivity contribution in [2.75, 3.05) is 0 Å². The molecule has 0 heterocycles. The molecule has 2 rings (SSSR count). The molecule has 2 heteroatoms. The van der Waals surface area contributed by atoms with E-state index in [0.717, 1.165) is 24.0 Å². The van der Waals surface area contributed by atoms with Gasteiger partial charge in [0.15, 0.2) is 0 Å². The Hall–Kier alpha value is -0.860. The van der Waals surface area contributed by atoms with Gasteiger partial charge in [0.1, 0.15) is 0 Å². The summed E-state index contributed by atoms with van der Waals surface area (Å²) in [5.74, 6) is 0. The molecule has 0 aromatic heterocycles. The smallest absolute Gasteiger partial charge is 0.0899 e. The van der Waals surface area contributed by atoms with Crippen molar-refractivity contribution in [3.63, 3.8) is 0 Å². The molecule has 0 unspecified atom stereocenters. The maximum Gasteiger partial charge on any atom is 0.0899 e. The van der Waals surface area contributed by atoms with Crippen LogP contribution in [0.2, 0.25) is 0 Å². The number of hydrogen-bond donors (Lipinski definition) is 2. The van der Waals surface area contributed by atoms with E-state index in [-0.39, 0.29) is 0 Å². The molecule has 76 valence electrons. The first-order valence-corrected chi connectivity index (χ1v) is 4.98. The second-order valence-corrected chi connectivity index (χ2v) is 4.67. The SMILES string of the molecule is CC(C)(O)c1cccc(C2(O)CC2)c1. The first kappa shape index (κ1) is 9.69. The lowest BCUT2D eigenvalue weighted by molar-refractivity contribution is 0.0780. The molecule has 1 fully saturated rings. The lowest BCUT2D eigenvalue weighted by Crippen LogP contribution is -2.16. The van der Waals surface area contributed by atoms with Crippen LogP contribution in [-0.2, 0) is 11.2 Å². The molecule has 0 spiro atoms. The van der Waals surface area contributed by atoms with E-state index in [2.05, 4.69) is 0 Å². The molecule has 1 aliphatic carbocycles. The van der Waals surface area contributed by atoms with Gasteiger partial charge in [-0.05, 0) is 37.8 Å². The lowest BCUT2D eigenvalue weighted by Gasteiger charge is -2.19. The van der Waals surface area contributed by atoms with Gasteiger partial charge in [-0.2, -0.15) is 0 Å². The zero-order chi connectivity index (χ0) is 10.4. The van der Waals surface area contributed by atoms with E-state index >= 15 is 0 Å². The molecule has 0 aliphatic heterocycles. The highest BCUT2D eigenvalue weighted by molar-refractivity contribution is 5.33. The Morgan fingerprint density at radius 1 is 1.29 bits per heavy atom. The zero-order valence-electron chi connectivity index (χ0n) is 8.62. The average molecular weight is 192 g/mol. The summed E-state index contributed by atoms with van der Waals surface area (Å²) in [6, 6.07) is 7.59. The zero-order valence-corrected chi connectivity index (χ0v) is 8.62. The molecule has 0 atom stereocenters. The maximum absolute atomic E-state index is 9.91. The van der Waals surface area contributed by atoms with Gasteiger partial charge in [0, 0.05) is 0 Å². The summed E-state index contributed by atoms with van der Waals surface area (Å²) in [7, 11) is 0. The molecule has 0 amide bonds. The predicted octanol–water partition coefficient (Wildman–Crippen LogP) is 1.90. The van der Waals surface area contributed by atoms with Crippen molar-refractivity contribution in [1.82, 2.24) is 0 Å². The van der Waals surface area contributed by atoms with Crippen LogP contribution in [0, 0.1) is 0 Å². The first-order valence-electron chi connectivity index (χ1n) is 4.98. The van der Waals surface area contributed by atoms with Gasteiger partial charge in [0.2, 0.25) is 0 Å². The summed E-state index contributed by atoms with van der Waals surface area (Å²) in [6.07, 6.45) is 1.67. The standard InChI is InChI=1S/C12H16O2/c1-11(2,13)9-4-3-5-10(8-9)12(14)6-7-12/h3-5,8,13-14H,6-7H2,1-2H3. The Balaban J connectivity index is 2.37. The van der Waals surface area contributed by atoms with E-state index in [1.165, 1.54) is 0 Å². The predicted molar refractivity (Wildman–Crippen MR) is 54.8 cm³/mol. The van der Waals surface area contributed by atoms with Crippen molar-refractivity contribution in [2.24, 2.45) is 0 Å². The molecule has 14 heavy (non-hydrogen) atoms. The van der Waals surface area contributed by atoms with E-state index in [4.69, 9.17) is 0 Å². The molecule has 0 radical (unpaired) electrons. The van der Waals surface area contributed by atoms with Crippen molar-refractivity contribution in [1.29, 1.82) is 0 Å². The quantitative estimate of drug-likeness (QED) is 0.751. The second kappa shape index (κ2) is 2.81. The monoisotopic (exact) mass is 192 g/mol. The van der Waals surface area contributed by atoms with Crippen LogP contribution >= 0.6 is 0 Å². The molecule has 0 bridgehead atoms. The summed E-state index contributed by atoms with van der Waals surface area (Å²) < 4.78 is 0. The lowest BCUT2D eigenvalue weighted by atomic mass is 9.94. The minimum absolute atomic E-state index is 0.610. The van der Waals surface area contributed by atoms with Crippen molar-refractivity contribution >= 4 is 0 Å². The molecule has 2 nitrogen and oxygen atoms in total. The third-order valence-electron chi connectivity index (χ3n) is 2.83. The maximum atomic E-state index is 9.91. The Labute approximate surface area is 84.2 Å². The van der Waals surface area contributed by atoms with Crippen LogP contribution in [0.15, 0.2) is 24.3 Å². The number of hydrogen-bond acceptors (Lipinski definition) is 2. The van der Waals surface area contributed by atoms with Crippen molar-refractivity contribution in [3.05, 3.63) is 35.4 Å². The van der Waals surface area contributed by atoms with Crippen molar-refractivity contribution in [3.8, 4) is 0 Å². The number of rotatable bonds is 2. The van der Waals surface area contributed by atoms with Crippen LogP contribution in [0.5, 0.6) is 0 Å². The molecule has 1 aliphatic rings. The summed E-state index contributed by atoms with van der Waals surface area (Å²) in [6.45, 7) is 3.51. The molecule has 0 saturated heterocycles. The summed E-state index contributed by atoms with van der Waals surface area (Å²) in [4.78, 5) is 0. The van der Waals surface area contributed by atoms with Crippen molar-refractivity contribution < 1.29 is 10.2 Å². The van der Waals surface area contributed by atoms with Crippen molar-refractivity contribution in [2.45, 2.75) is 37.9 Å². The highest BCUT2D eigenvalue weighted by Gasteiger charge is 2.42. The van der Waals surface area contributed by atoms with E-state index < -0.39 is 11.2 Å². The Morgan fingerprint density at radius 3 is 2.43 bits per heavy atom. The van der Waals surface area contributed by atoms with Gasteiger partial charge in [-0.25, -0.2) is 0 Å². The average Bonchev–Trinajstić information content (AvgIpc) is 2.84. The first-order chi connectivity index (χ1) is 6.42. The van der Waals surface area contributed by atoms with E-state index in [1.54, 1.807) is 13.8 Å². The van der Waals surface area contributed by atoms with E-state index in [9.17, 15) is 10.2 Å². The highest BCUT2D eigenvalue weighted by Crippen LogP contribution is 2.45. The van der Waals surface area contributed by atoms with Gasteiger partial charge in [-0.15, -0.1) is 0 Å². The summed E-state index contributed by atoms with van der Waals surface area (Å²) in [5.41, 5.74) is 0.343. The minimum atomic E-state index is -0.832. The molecule has 1 aromatic rings. The molecule has 2 N–H and O–H groups in total. The van der Waals surface area contributed by atoms with Crippen LogP contribution < -0.4 is 0 Å². The Kier molecular flexibility index (Phi) is 1.95. The molecular formula is C12H16O2. The second-order valence-electron chi connectivity index (χ2n) is 4.67. The van der Waals surface area contributed by atoms with Gasteiger partial charge >= 0.3 is 0 Å². The van der Waals surface area contributed by atoms with E-state index in [1.807, 2.05) is 24.3 Å². The van der Waals surface area contributed by atoms with Gasteiger partial charge in [0.05, 0.1) is 11.2 Å². The normalized spacial score (nSPS) is 19.4. The van der Waals surface area contributed by atoms with Crippen LogP contribution in [-0.4, -0.2) is 10.2 Å². The Bertz CT molecular complexity index is 325. The largest absolute Gasteiger partial charge is 0.386 e. The van der Waals surface area contributed by atoms with Crippen LogP contribution in [0.1, 0.15) is 37.8 Å². The fourth-order valence-electron chi connectivity index (χ4n) is 1.60. The summed E-state index contributed by atoms with van der Waals surface area (Å²) in [5, 5.41) is 19.7. The Morgan fingerprint density at radius 2 is 1.93 bits per heavy atom. The highest BCUT2D eigenvalue weighted by atomic mass is 16.3. The van der Waals surface area contributed by atoms with Gasteiger partial charge < -0.3 is 10.2 Å². The third kappa shape index (κ3) is 1.68. The number of benzene rings is 1. The molecular weight excluding hydrogens is 176 g/mol. The van der Waals surface area contributed by atoms with Gasteiger partial charge in [-0.3, -0.25) is 0 Å². The van der Waals surface area contributed by atoms with Crippen LogP contribution in [0.3, 0.4) is 0 Å². The van der Waals surface area contributed by atoms with Crippen LogP contribution in [0.4, 0.5) is 0 Å². The topological polar surface area (TPSA) is 40.5 Å². The molecule has 1 saturated carbocycles. The fraction of sp³-hybridized carbons (Fsp3) is 0.500. The number of aliphatic hydroxyl groups is 2. The van der Waals surface area contributed by atoms with Gasteiger partial charge in [0.25, 0.3) is 0 Å². The third-order valence-corrected chi connectivity index (χ3v) is 2.83. The summed E-state index contributed by atoms with van der Waals surface area (Å²) >= 11 is 0.